The van der Waals surface area contributed by atoms with Crippen molar-refractivity contribution in [3.63, 3.8) is 0 Å². The van der Waals surface area contributed by atoms with Crippen LogP contribution in [0.1, 0.15) is 13.8 Å². The molecule has 1 fully saturated rings. The zero-order valence-corrected chi connectivity index (χ0v) is 8.56. The van der Waals surface area contributed by atoms with Gasteiger partial charge < -0.3 is 4.74 Å². The van der Waals surface area contributed by atoms with Crippen molar-refractivity contribution in [3.05, 3.63) is 11.4 Å². The zero-order valence-electron chi connectivity index (χ0n) is 7.80. The fourth-order valence-corrected chi connectivity index (χ4v) is 1.84. The van der Waals surface area contributed by atoms with Crippen LogP contribution in [0.2, 0.25) is 0 Å². The predicted octanol–water partition coefficient (Wildman–Crippen LogP) is 2.48. The average Bonchev–Trinajstić information content (AvgIpc) is 2.51. The lowest BCUT2D eigenvalue weighted by Gasteiger charge is -1.98. The Hall–Kier alpha value is -0.570. The van der Waals surface area contributed by atoms with Crippen molar-refractivity contribution < 1.29 is 13.9 Å². The highest BCUT2D eigenvalue weighted by atomic mass is 35.5. The van der Waals surface area contributed by atoms with Crippen LogP contribution in [0.4, 0.5) is 4.39 Å². The molecule has 0 amide bonds. The van der Waals surface area contributed by atoms with E-state index in [1.807, 2.05) is 13.8 Å². The summed E-state index contributed by atoms with van der Waals surface area (Å²) in [6.07, 6.45) is 1.27. The maximum Gasteiger partial charge on any atom is 0.309 e. The lowest BCUT2D eigenvalue weighted by Crippen LogP contribution is -2.07. The van der Waals surface area contributed by atoms with Gasteiger partial charge in [0.1, 0.15) is 0 Å². The number of allylic oxidation sites excluding steroid dienone is 1. The van der Waals surface area contributed by atoms with Crippen LogP contribution in [0, 0.1) is 17.3 Å². The topological polar surface area (TPSA) is 26.3 Å². The van der Waals surface area contributed by atoms with Crippen molar-refractivity contribution in [3.8, 4) is 0 Å². The van der Waals surface area contributed by atoms with Crippen LogP contribution >= 0.6 is 11.6 Å². The number of hydrogen-bond acceptors (Lipinski definition) is 2. The van der Waals surface area contributed by atoms with Gasteiger partial charge in [-0.05, 0) is 11.5 Å². The minimum Gasteiger partial charge on any atom is -0.469 e. The molecule has 2 nitrogen and oxygen atoms in total. The maximum absolute atomic E-state index is 12.4. The predicted molar refractivity (Wildman–Crippen MR) is 47.8 cm³/mol. The number of halogens is 2. The van der Waals surface area contributed by atoms with E-state index in [-0.39, 0.29) is 23.2 Å². The number of ether oxygens (including phenoxy) is 1. The van der Waals surface area contributed by atoms with E-state index in [1.165, 1.54) is 13.2 Å². The van der Waals surface area contributed by atoms with Crippen molar-refractivity contribution >= 4 is 17.6 Å². The van der Waals surface area contributed by atoms with Crippen LogP contribution in [0.15, 0.2) is 11.4 Å². The maximum atomic E-state index is 12.4. The highest BCUT2D eigenvalue weighted by molar-refractivity contribution is 6.28. The first-order chi connectivity index (χ1) is 5.91. The summed E-state index contributed by atoms with van der Waals surface area (Å²) in [5.74, 6) is -0.705. The second kappa shape index (κ2) is 3.29. The third-order valence-corrected chi connectivity index (χ3v) is 2.80. The highest BCUT2D eigenvalue weighted by Gasteiger charge is 2.61. The Bertz CT molecular complexity index is 256. The number of carbonyl (C=O) groups is 1. The normalized spacial score (nSPS) is 31.3. The quantitative estimate of drug-likeness (QED) is 0.649. The van der Waals surface area contributed by atoms with Crippen molar-refractivity contribution in [2.24, 2.45) is 17.3 Å². The van der Waals surface area contributed by atoms with E-state index in [4.69, 9.17) is 11.6 Å². The average molecular weight is 207 g/mol. The van der Waals surface area contributed by atoms with Gasteiger partial charge in [0.05, 0.1) is 13.0 Å². The summed E-state index contributed by atoms with van der Waals surface area (Å²) < 4.78 is 16.9. The molecule has 74 valence electrons. The van der Waals surface area contributed by atoms with Gasteiger partial charge in [0, 0.05) is 5.92 Å². The van der Waals surface area contributed by atoms with Crippen molar-refractivity contribution in [1.29, 1.82) is 0 Å². The molecule has 1 aliphatic rings. The van der Waals surface area contributed by atoms with Gasteiger partial charge in [0.2, 0.25) is 0 Å². The van der Waals surface area contributed by atoms with Crippen molar-refractivity contribution in [1.82, 2.24) is 0 Å². The smallest absolute Gasteiger partial charge is 0.309 e. The van der Waals surface area contributed by atoms with Gasteiger partial charge in [-0.25, -0.2) is 0 Å². The summed E-state index contributed by atoms with van der Waals surface area (Å²) in [7, 11) is 1.33. The van der Waals surface area contributed by atoms with Gasteiger partial charge in [-0.1, -0.05) is 25.4 Å². The SMILES string of the molecule is COC(=O)C1C(/C=C(\F)Cl)C1(C)C. The molecule has 0 N–H and O–H groups in total. The zero-order chi connectivity index (χ0) is 10.2. The molecule has 0 aromatic heterocycles. The van der Waals surface area contributed by atoms with Gasteiger partial charge >= 0.3 is 5.97 Å². The summed E-state index contributed by atoms with van der Waals surface area (Å²) in [6.45, 7) is 3.77. The minimum atomic E-state index is -0.760. The summed E-state index contributed by atoms with van der Waals surface area (Å²) >= 11 is 5.10. The second-order valence-corrected chi connectivity index (χ2v) is 4.17. The molecule has 0 aromatic carbocycles. The molecule has 1 saturated carbocycles. The summed E-state index contributed by atoms with van der Waals surface area (Å²) in [4.78, 5) is 11.2. The third-order valence-electron chi connectivity index (χ3n) is 2.67. The molecule has 0 spiro atoms. The molecule has 0 radical (unpaired) electrons. The van der Waals surface area contributed by atoms with Gasteiger partial charge in [-0.3, -0.25) is 4.79 Å². The van der Waals surface area contributed by atoms with Gasteiger partial charge in [0.15, 0.2) is 5.29 Å². The van der Waals surface area contributed by atoms with E-state index in [0.717, 1.165) is 0 Å². The van der Waals surface area contributed by atoms with Crippen LogP contribution in [0.3, 0.4) is 0 Å². The molecule has 0 bridgehead atoms. The Labute approximate surface area is 81.7 Å². The van der Waals surface area contributed by atoms with E-state index in [1.54, 1.807) is 0 Å². The van der Waals surface area contributed by atoms with Crippen LogP contribution in [0.5, 0.6) is 0 Å². The molecule has 13 heavy (non-hydrogen) atoms. The molecule has 2 unspecified atom stereocenters. The largest absolute Gasteiger partial charge is 0.469 e. The van der Waals surface area contributed by atoms with Gasteiger partial charge in [-0.15, -0.1) is 0 Å². The van der Waals surface area contributed by atoms with Crippen LogP contribution in [-0.4, -0.2) is 13.1 Å². The van der Waals surface area contributed by atoms with Gasteiger partial charge in [0.25, 0.3) is 0 Å². The van der Waals surface area contributed by atoms with Crippen LogP contribution in [-0.2, 0) is 9.53 Å². The van der Waals surface area contributed by atoms with E-state index in [2.05, 4.69) is 4.74 Å². The Kier molecular flexibility index (Phi) is 2.66. The number of esters is 1. The van der Waals surface area contributed by atoms with Crippen molar-refractivity contribution in [2.75, 3.05) is 7.11 Å². The Morgan fingerprint density at radius 1 is 1.62 bits per heavy atom. The summed E-state index contributed by atoms with van der Waals surface area (Å²) in [5.41, 5.74) is -0.237. The molecule has 0 aromatic rings. The molecule has 4 heteroatoms. The first kappa shape index (κ1) is 10.5. The lowest BCUT2D eigenvalue weighted by atomic mass is 10.1. The fraction of sp³-hybridized carbons (Fsp3) is 0.667. The second-order valence-electron chi connectivity index (χ2n) is 3.80. The lowest BCUT2D eigenvalue weighted by molar-refractivity contribution is -0.143. The van der Waals surface area contributed by atoms with Crippen LogP contribution in [0.25, 0.3) is 0 Å². The van der Waals surface area contributed by atoms with Crippen LogP contribution < -0.4 is 0 Å². The molecule has 0 heterocycles. The number of rotatable bonds is 2. The minimum absolute atomic E-state index is 0.141. The summed E-state index contributed by atoms with van der Waals surface area (Å²) in [6, 6.07) is 0. The highest BCUT2D eigenvalue weighted by Crippen LogP contribution is 2.59. The molecule has 2 atom stereocenters. The van der Waals surface area contributed by atoms with E-state index in [9.17, 15) is 9.18 Å². The molecule has 0 saturated heterocycles. The molecule has 0 aliphatic heterocycles. The first-order valence-electron chi connectivity index (χ1n) is 4.02. The Morgan fingerprint density at radius 2 is 2.15 bits per heavy atom. The number of methoxy groups -OCH3 is 1. The van der Waals surface area contributed by atoms with Crippen molar-refractivity contribution in [2.45, 2.75) is 13.8 Å². The summed E-state index contributed by atoms with van der Waals surface area (Å²) in [5, 5.41) is -0.760. The molecular weight excluding hydrogens is 195 g/mol. The third kappa shape index (κ3) is 1.85. The fourth-order valence-electron chi connectivity index (χ4n) is 1.70. The molecule has 1 aliphatic carbocycles. The number of carbonyl (C=O) groups excluding carboxylic acids is 1. The Morgan fingerprint density at radius 3 is 2.54 bits per heavy atom. The Balaban J connectivity index is 2.72. The standard InChI is InChI=1S/C9H12ClFO2/c1-9(2)5(4-6(10)11)7(9)8(12)13-3/h4-5,7H,1-3H3/b6-4-. The van der Waals surface area contributed by atoms with E-state index >= 15 is 0 Å². The first-order valence-corrected chi connectivity index (χ1v) is 4.39. The number of hydrogen-bond donors (Lipinski definition) is 0. The van der Waals surface area contributed by atoms with Gasteiger partial charge in [-0.2, -0.15) is 4.39 Å². The van der Waals surface area contributed by atoms with E-state index < -0.39 is 5.29 Å². The monoisotopic (exact) mass is 206 g/mol. The van der Waals surface area contributed by atoms with E-state index in [0.29, 0.717) is 0 Å². The molecular formula is C9H12ClFO2. The molecule has 1 rings (SSSR count).